The molecule has 0 bridgehead atoms. The van der Waals surface area contributed by atoms with Crippen molar-refractivity contribution in [1.29, 1.82) is 0 Å². The van der Waals surface area contributed by atoms with Crippen LogP contribution in [0.3, 0.4) is 0 Å². The molecule has 0 fully saturated rings. The molecule has 2 aromatic rings. The summed E-state index contributed by atoms with van der Waals surface area (Å²) >= 11 is 3.19. The van der Waals surface area contributed by atoms with Gasteiger partial charge >= 0.3 is 0 Å². The average molecular weight is 223 g/mol. The second-order valence-corrected chi connectivity index (χ2v) is 4.80. The number of hydrogen-bond donors (Lipinski definition) is 0. The summed E-state index contributed by atoms with van der Waals surface area (Å²) in [7, 11) is 0. The van der Waals surface area contributed by atoms with Gasteiger partial charge in [0, 0.05) is 12.3 Å². The summed E-state index contributed by atoms with van der Waals surface area (Å²) in [5.74, 6) is 0.0294. The van der Waals surface area contributed by atoms with Crippen molar-refractivity contribution in [2.24, 2.45) is 0 Å². The smallest absolute Gasteiger partial charge is 0.178 e. The second kappa shape index (κ2) is 3.63. The average Bonchev–Trinajstić information content (AvgIpc) is 2.71. The first kappa shape index (κ1) is 9.55. The van der Waals surface area contributed by atoms with E-state index in [2.05, 4.69) is 18.0 Å². The Kier molecular flexibility index (Phi) is 2.48. The number of carbonyl (C=O) groups excluding carboxylic acids is 1. The van der Waals surface area contributed by atoms with Crippen LogP contribution in [0.5, 0.6) is 0 Å². The Bertz CT molecular complexity index is 470. The van der Waals surface area contributed by atoms with Gasteiger partial charge in [-0.05, 0) is 23.9 Å². The number of ketones is 1. The summed E-state index contributed by atoms with van der Waals surface area (Å²) in [5, 5.41) is 4.80. The predicted octanol–water partition coefficient (Wildman–Crippen LogP) is 3.38. The van der Waals surface area contributed by atoms with Gasteiger partial charge in [0.15, 0.2) is 5.78 Å². The molecule has 0 spiro atoms. The molecule has 0 amide bonds. The van der Waals surface area contributed by atoms with E-state index in [9.17, 15) is 4.79 Å². The first-order valence-electron chi connectivity index (χ1n) is 4.19. The Balaban J connectivity index is 2.43. The molecule has 2 heterocycles. The van der Waals surface area contributed by atoms with Gasteiger partial charge in [-0.25, -0.2) is 4.98 Å². The van der Waals surface area contributed by atoms with Crippen LogP contribution in [-0.4, -0.2) is 10.8 Å². The Morgan fingerprint density at radius 2 is 2.21 bits per heavy atom. The molecule has 2 nitrogen and oxygen atoms in total. The third kappa shape index (κ3) is 1.63. The zero-order chi connectivity index (χ0) is 10.1. The fourth-order valence-electron chi connectivity index (χ4n) is 1.13. The van der Waals surface area contributed by atoms with E-state index in [4.69, 9.17) is 0 Å². The molecular weight excluding hydrogens is 214 g/mol. The first-order chi connectivity index (χ1) is 6.68. The minimum atomic E-state index is 0.0294. The van der Waals surface area contributed by atoms with Gasteiger partial charge in [-0.1, -0.05) is 0 Å². The number of thiophene rings is 1. The van der Waals surface area contributed by atoms with Crippen LogP contribution >= 0.6 is 22.7 Å². The highest BCUT2D eigenvalue weighted by molar-refractivity contribution is 7.20. The third-order valence-corrected chi connectivity index (χ3v) is 3.93. The van der Waals surface area contributed by atoms with Gasteiger partial charge in [-0.3, -0.25) is 4.79 Å². The molecule has 0 N–H and O–H groups in total. The SMILES string of the molecule is CC(=O)c1csc(-c2sccc2C)n1. The van der Waals surface area contributed by atoms with Gasteiger partial charge in [-0.2, -0.15) is 0 Å². The molecule has 0 unspecified atom stereocenters. The lowest BCUT2D eigenvalue weighted by Gasteiger charge is -1.91. The standard InChI is InChI=1S/C10H9NOS2/c1-6-3-4-13-9(6)10-11-8(5-14-10)7(2)12/h3-5H,1-2H3. The lowest BCUT2D eigenvalue weighted by molar-refractivity contribution is 0.101. The van der Waals surface area contributed by atoms with Crippen molar-refractivity contribution in [2.45, 2.75) is 13.8 Å². The van der Waals surface area contributed by atoms with Gasteiger partial charge in [0.1, 0.15) is 10.7 Å². The summed E-state index contributed by atoms with van der Waals surface area (Å²) in [4.78, 5) is 16.5. The van der Waals surface area contributed by atoms with E-state index in [1.807, 2.05) is 10.8 Å². The number of Topliss-reactive ketones (excluding diaryl/α,β-unsaturated/α-hetero) is 1. The number of aromatic nitrogens is 1. The van der Waals surface area contributed by atoms with Gasteiger partial charge in [0.25, 0.3) is 0 Å². The first-order valence-corrected chi connectivity index (χ1v) is 5.95. The molecule has 0 aliphatic carbocycles. The lowest BCUT2D eigenvalue weighted by Crippen LogP contribution is -1.90. The predicted molar refractivity (Wildman–Crippen MR) is 60.2 cm³/mol. The summed E-state index contributed by atoms with van der Waals surface area (Å²) in [6.07, 6.45) is 0. The topological polar surface area (TPSA) is 30.0 Å². The number of thiazole rings is 1. The van der Waals surface area contributed by atoms with Crippen molar-refractivity contribution >= 4 is 28.5 Å². The van der Waals surface area contributed by atoms with Crippen LogP contribution < -0.4 is 0 Å². The number of carbonyl (C=O) groups is 1. The maximum absolute atomic E-state index is 11.1. The van der Waals surface area contributed by atoms with Crippen LogP contribution in [0.1, 0.15) is 23.0 Å². The molecule has 2 aromatic heterocycles. The summed E-state index contributed by atoms with van der Waals surface area (Å²) in [6, 6.07) is 2.06. The largest absolute Gasteiger partial charge is 0.293 e. The third-order valence-electron chi connectivity index (χ3n) is 1.92. The highest BCUT2D eigenvalue weighted by Crippen LogP contribution is 2.31. The molecule has 0 saturated heterocycles. The summed E-state index contributed by atoms with van der Waals surface area (Å²) in [5.41, 5.74) is 1.79. The maximum Gasteiger partial charge on any atom is 0.178 e. The molecule has 0 aromatic carbocycles. The molecule has 0 saturated carbocycles. The molecule has 0 aliphatic rings. The Labute approximate surface area is 90.2 Å². The summed E-state index contributed by atoms with van der Waals surface area (Å²) in [6.45, 7) is 3.60. The van der Waals surface area contributed by atoms with E-state index >= 15 is 0 Å². The number of aryl methyl sites for hydroxylation is 1. The summed E-state index contributed by atoms with van der Waals surface area (Å²) < 4.78 is 0. The van der Waals surface area contributed by atoms with E-state index in [1.165, 1.54) is 21.8 Å². The van der Waals surface area contributed by atoms with E-state index in [0.717, 1.165) is 5.01 Å². The van der Waals surface area contributed by atoms with Crippen LogP contribution in [0.2, 0.25) is 0 Å². The Hall–Kier alpha value is -1.00. The number of nitrogens with zero attached hydrogens (tertiary/aromatic N) is 1. The van der Waals surface area contributed by atoms with Crippen molar-refractivity contribution in [1.82, 2.24) is 4.98 Å². The lowest BCUT2D eigenvalue weighted by atomic mass is 10.3. The van der Waals surface area contributed by atoms with Gasteiger partial charge in [0.05, 0.1) is 4.88 Å². The van der Waals surface area contributed by atoms with Gasteiger partial charge in [0.2, 0.25) is 0 Å². The molecule has 72 valence electrons. The van der Waals surface area contributed by atoms with E-state index in [1.54, 1.807) is 18.3 Å². The minimum Gasteiger partial charge on any atom is -0.293 e. The van der Waals surface area contributed by atoms with Crippen molar-refractivity contribution in [2.75, 3.05) is 0 Å². The Morgan fingerprint density at radius 1 is 1.43 bits per heavy atom. The van der Waals surface area contributed by atoms with Crippen molar-refractivity contribution < 1.29 is 4.79 Å². The van der Waals surface area contributed by atoms with Crippen molar-refractivity contribution in [3.8, 4) is 9.88 Å². The van der Waals surface area contributed by atoms with Crippen molar-refractivity contribution in [3.05, 3.63) is 28.1 Å². The van der Waals surface area contributed by atoms with Crippen LogP contribution in [0.4, 0.5) is 0 Å². The molecule has 0 atom stereocenters. The number of hydrogen-bond acceptors (Lipinski definition) is 4. The molecule has 0 radical (unpaired) electrons. The van der Waals surface area contributed by atoms with E-state index in [-0.39, 0.29) is 5.78 Å². The minimum absolute atomic E-state index is 0.0294. The molecule has 0 aliphatic heterocycles. The van der Waals surface area contributed by atoms with Crippen LogP contribution in [0.15, 0.2) is 16.8 Å². The van der Waals surface area contributed by atoms with Crippen LogP contribution in [-0.2, 0) is 0 Å². The molecule has 14 heavy (non-hydrogen) atoms. The van der Waals surface area contributed by atoms with Gasteiger partial charge in [-0.15, -0.1) is 22.7 Å². The highest BCUT2D eigenvalue weighted by atomic mass is 32.1. The highest BCUT2D eigenvalue weighted by Gasteiger charge is 2.10. The molecule has 2 rings (SSSR count). The quantitative estimate of drug-likeness (QED) is 0.730. The van der Waals surface area contributed by atoms with E-state index < -0.39 is 0 Å². The molecule has 4 heteroatoms. The molecular formula is C10H9NOS2. The van der Waals surface area contributed by atoms with E-state index in [0.29, 0.717) is 5.69 Å². The second-order valence-electron chi connectivity index (χ2n) is 3.03. The monoisotopic (exact) mass is 223 g/mol. The van der Waals surface area contributed by atoms with Crippen LogP contribution in [0, 0.1) is 6.92 Å². The zero-order valence-corrected chi connectivity index (χ0v) is 9.54. The Morgan fingerprint density at radius 3 is 2.71 bits per heavy atom. The zero-order valence-electron chi connectivity index (χ0n) is 7.90. The number of rotatable bonds is 2. The maximum atomic E-state index is 11.1. The van der Waals surface area contributed by atoms with Crippen LogP contribution in [0.25, 0.3) is 9.88 Å². The van der Waals surface area contributed by atoms with Crippen molar-refractivity contribution in [3.63, 3.8) is 0 Å². The fourth-order valence-corrected chi connectivity index (χ4v) is 3.09. The fraction of sp³-hybridized carbons (Fsp3) is 0.200. The van der Waals surface area contributed by atoms with Gasteiger partial charge < -0.3 is 0 Å². The normalized spacial score (nSPS) is 10.4.